The fourth-order valence-corrected chi connectivity index (χ4v) is 2.95. The molecular weight excluding hydrogens is 244 g/mol. The van der Waals surface area contributed by atoms with Crippen LogP contribution >= 0.6 is 11.6 Å². The number of hydrogen-bond donors (Lipinski definition) is 0. The molecule has 18 heavy (non-hydrogen) atoms. The lowest BCUT2D eigenvalue weighted by atomic mass is 9.87. The minimum atomic E-state index is 0.561. The molecule has 1 aromatic heterocycles. The van der Waals surface area contributed by atoms with Crippen molar-refractivity contribution in [3.63, 3.8) is 0 Å². The van der Waals surface area contributed by atoms with E-state index in [0.29, 0.717) is 11.9 Å². The molecule has 0 amide bonds. The zero-order valence-corrected chi connectivity index (χ0v) is 12.4. The van der Waals surface area contributed by atoms with Gasteiger partial charge in [-0.1, -0.05) is 6.92 Å². The Labute approximate surface area is 115 Å². The van der Waals surface area contributed by atoms with Gasteiger partial charge in [-0.2, -0.15) is 0 Å². The number of nitrogens with zero attached hydrogens (tertiary/aromatic N) is 2. The third-order valence-electron chi connectivity index (χ3n) is 4.05. The Kier molecular flexibility index (Phi) is 4.50. The van der Waals surface area contributed by atoms with Crippen LogP contribution in [0.5, 0.6) is 0 Å². The summed E-state index contributed by atoms with van der Waals surface area (Å²) in [7, 11) is 2.17. The van der Waals surface area contributed by atoms with Gasteiger partial charge >= 0.3 is 0 Å². The molecule has 1 heterocycles. The van der Waals surface area contributed by atoms with Gasteiger partial charge in [0, 0.05) is 24.7 Å². The molecule has 1 fully saturated rings. The fraction of sp³-hybridized carbons (Fsp3) is 0.667. The van der Waals surface area contributed by atoms with Gasteiger partial charge in [0.25, 0.3) is 0 Å². The van der Waals surface area contributed by atoms with Crippen LogP contribution in [-0.2, 0) is 5.88 Å². The number of alkyl halides is 1. The summed E-state index contributed by atoms with van der Waals surface area (Å²) in [6.45, 7) is 4.39. The second-order valence-corrected chi connectivity index (χ2v) is 5.90. The predicted octanol–water partition coefficient (Wildman–Crippen LogP) is 4.14. The van der Waals surface area contributed by atoms with Crippen LogP contribution in [0.15, 0.2) is 12.1 Å². The maximum Gasteiger partial charge on any atom is 0.129 e. The molecular formula is C15H23ClN2. The first-order chi connectivity index (χ1) is 8.60. The van der Waals surface area contributed by atoms with Crippen LogP contribution in [0.4, 0.5) is 5.82 Å². The van der Waals surface area contributed by atoms with E-state index < -0.39 is 0 Å². The minimum absolute atomic E-state index is 0.561. The van der Waals surface area contributed by atoms with E-state index in [-0.39, 0.29) is 0 Å². The number of anilines is 1. The third kappa shape index (κ3) is 3.17. The fourth-order valence-electron chi connectivity index (χ4n) is 2.80. The van der Waals surface area contributed by atoms with Crippen molar-refractivity contribution in [1.29, 1.82) is 0 Å². The van der Waals surface area contributed by atoms with Crippen molar-refractivity contribution in [2.24, 2.45) is 5.92 Å². The molecule has 0 unspecified atom stereocenters. The van der Waals surface area contributed by atoms with Crippen LogP contribution in [0.1, 0.15) is 43.9 Å². The SMILES string of the molecule is Cc1cc(CCl)cc(N(C)C2CCC(C)CC2)n1. The van der Waals surface area contributed by atoms with Gasteiger partial charge in [0.05, 0.1) is 0 Å². The summed E-state index contributed by atoms with van der Waals surface area (Å²) in [6.07, 6.45) is 5.24. The number of halogens is 1. The van der Waals surface area contributed by atoms with Crippen LogP contribution in [0, 0.1) is 12.8 Å². The van der Waals surface area contributed by atoms with E-state index in [1.807, 2.05) is 6.92 Å². The first-order valence-corrected chi connectivity index (χ1v) is 7.40. The van der Waals surface area contributed by atoms with Gasteiger partial charge in [-0.25, -0.2) is 4.98 Å². The number of aromatic nitrogens is 1. The highest BCUT2D eigenvalue weighted by atomic mass is 35.5. The molecule has 1 aliphatic carbocycles. The largest absolute Gasteiger partial charge is 0.357 e. The summed E-state index contributed by atoms with van der Waals surface area (Å²) >= 11 is 5.93. The Bertz CT molecular complexity index is 397. The molecule has 2 nitrogen and oxygen atoms in total. The van der Waals surface area contributed by atoms with E-state index in [4.69, 9.17) is 11.6 Å². The maximum absolute atomic E-state index is 5.93. The highest BCUT2D eigenvalue weighted by Crippen LogP contribution is 2.29. The van der Waals surface area contributed by atoms with Gasteiger partial charge in [0.1, 0.15) is 5.82 Å². The van der Waals surface area contributed by atoms with Gasteiger partial charge in [-0.3, -0.25) is 0 Å². The molecule has 0 aromatic carbocycles. The van der Waals surface area contributed by atoms with Gasteiger partial charge in [0.2, 0.25) is 0 Å². The maximum atomic E-state index is 5.93. The van der Waals surface area contributed by atoms with E-state index in [0.717, 1.165) is 23.0 Å². The molecule has 3 heteroatoms. The molecule has 1 aromatic rings. The predicted molar refractivity (Wildman–Crippen MR) is 78.4 cm³/mol. The van der Waals surface area contributed by atoms with Crippen LogP contribution in [0.3, 0.4) is 0 Å². The molecule has 0 bridgehead atoms. The minimum Gasteiger partial charge on any atom is -0.357 e. The summed E-state index contributed by atoms with van der Waals surface area (Å²) < 4.78 is 0. The zero-order chi connectivity index (χ0) is 13.1. The summed E-state index contributed by atoms with van der Waals surface area (Å²) in [5.74, 6) is 2.52. The standard InChI is InChI=1S/C15H23ClN2/c1-11-4-6-14(7-5-11)18(3)15-9-13(10-16)8-12(2)17-15/h8-9,11,14H,4-7,10H2,1-3H3. The van der Waals surface area contributed by atoms with Crippen molar-refractivity contribution < 1.29 is 0 Å². The van der Waals surface area contributed by atoms with E-state index in [1.54, 1.807) is 0 Å². The lowest BCUT2D eigenvalue weighted by molar-refractivity contribution is 0.340. The summed E-state index contributed by atoms with van der Waals surface area (Å²) in [5, 5.41) is 0. The van der Waals surface area contributed by atoms with Crippen molar-refractivity contribution in [1.82, 2.24) is 4.98 Å². The second-order valence-electron chi connectivity index (χ2n) is 5.63. The van der Waals surface area contributed by atoms with Crippen LogP contribution < -0.4 is 4.90 Å². The molecule has 0 radical (unpaired) electrons. The Morgan fingerprint density at radius 2 is 1.94 bits per heavy atom. The average molecular weight is 267 g/mol. The Balaban J connectivity index is 2.12. The molecule has 2 rings (SSSR count). The number of aryl methyl sites for hydroxylation is 1. The quantitative estimate of drug-likeness (QED) is 0.765. The first kappa shape index (κ1) is 13.7. The van der Waals surface area contributed by atoms with E-state index >= 15 is 0 Å². The number of rotatable bonds is 3. The summed E-state index contributed by atoms with van der Waals surface area (Å²) in [5.41, 5.74) is 2.22. The van der Waals surface area contributed by atoms with E-state index in [2.05, 4.69) is 36.0 Å². The van der Waals surface area contributed by atoms with Crippen molar-refractivity contribution in [2.75, 3.05) is 11.9 Å². The van der Waals surface area contributed by atoms with Gasteiger partial charge in [0.15, 0.2) is 0 Å². The number of hydrogen-bond acceptors (Lipinski definition) is 2. The highest BCUT2D eigenvalue weighted by molar-refractivity contribution is 6.17. The molecule has 0 atom stereocenters. The monoisotopic (exact) mass is 266 g/mol. The molecule has 0 saturated heterocycles. The van der Waals surface area contributed by atoms with E-state index in [9.17, 15) is 0 Å². The van der Waals surface area contributed by atoms with Crippen molar-refractivity contribution >= 4 is 17.4 Å². The summed E-state index contributed by atoms with van der Waals surface area (Å²) in [4.78, 5) is 6.99. The van der Waals surface area contributed by atoms with Gasteiger partial charge < -0.3 is 4.90 Å². The topological polar surface area (TPSA) is 16.1 Å². The smallest absolute Gasteiger partial charge is 0.129 e. The Morgan fingerprint density at radius 1 is 1.28 bits per heavy atom. The lowest BCUT2D eigenvalue weighted by Gasteiger charge is -2.34. The Morgan fingerprint density at radius 3 is 2.56 bits per heavy atom. The van der Waals surface area contributed by atoms with Gasteiger partial charge in [-0.15, -0.1) is 11.6 Å². The normalized spacial score (nSPS) is 24.0. The zero-order valence-electron chi connectivity index (χ0n) is 11.6. The summed E-state index contributed by atoms with van der Waals surface area (Å²) in [6, 6.07) is 4.82. The van der Waals surface area contributed by atoms with Gasteiger partial charge in [-0.05, 0) is 56.2 Å². The highest BCUT2D eigenvalue weighted by Gasteiger charge is 2.22. The van der Waals surface area contributed by atoms with Crippen LogP contribution in [0.25, 0.3) is 0 Å². The molecule has 0 N–H and O–H groups in total. The van der Waals surface area contributed by atoms with Crippen molar-refractivity contribution in [2.45, 2.75) is 51.5 Å². The van der Waals surface area contributed by atoms with Crippen molar-refractivity contribution in [3.8, 4) is 0 Å². The van der Waals surface area contributed by atoms with Crippen molar-refractivity contribution in [3.05, 3.63) is 23.4 Å². The Hall–Kier alpha value is -0.760. The second kappa shape index (κ2) is 5.92. The van der Waals surface area contributed by atoms with E-state index in [1.165, 1.54) is 25.7 Å². The first-order valence-electron chi connectivity index (χ1n) is 6.86. The van der Waals surface area contributed by atoms with Crippen LogP contribution in [0.2, 0.25) is 0 Å². The number of pyridine rings is 1. The molecule has 1 saturated carbocycles. The van der Waals surface area contributed by atoms with Crippen LogP contribution in [-0.4, -0.2) is 18.1 Å². The average Bonchev–Trinajstić information content (AvgIpc) is 2.38. The molecule has 0 aliphatic heterocycles. The third-order valence-corrected chi connectivity index (χ3v) is 4.36. The molecule has 100 valence electrons. The molecule has 1 aliphatic rings. The lowest BCUT2D eigenvalue weighted by Crippen LogP contribution is -2.35. The molecule has 0 spiro atoms.